The Kier molecular flexibility index (Phi) is 6.96. The molecule has 192 valence electrons. The van der Waals surface area contributed by atoms with Crippen LogP contribution in [0.15, 0.2) is 85.2 Å². The van der Waals surface area contributed by atoms with Crippen molar-refractivity contribution in [3.8, 4) is 11.1 Å². The summed E-state index contributed by atoms with van der Waals surface area (Å²) in [4.78, 5) is 20.5. The number of carbonyl (C=O) groups excluding carboxylic acids is 1. The van der Waals surface area contributed by atoms with Crippen LogP contribution in [-0.4, -0.2) is 29.9 Å². The van der Waals surface area contributed by atoms with Crippen molar-refractivity contribution >= 4 is 44.1 Å². The maximum Gasteiger partial charge on any atom is 0.233 e. The largest absolute Gasteiger partial charge is 0.345 e. The number of aromatic nitrogens is 2. The summed E-state index contributed by atoms with van der Waals surface area (Å²) in [5, 5.41) is 0.914. The number of anilines is 1. The number of hydrogen-bond acceptors (Lipinski definition) is 4. The maximum absolute atomic E-state index is 15.4. The molecule has 0 aliphatic rings. The second-order valence-electron chi connectivity index (χ2n) is 8.60. The summed E-state index contributed by atoms with van der Waals surface area (Å²) in [6.45, 7) is 0. The molecule has 0 fully saturated rings. The molecule has 2 N–H and O–H groups in total. The lowest BCUT2D eigenvalue weighted by atomic mass is 10.00. The molecule has 0 aliphatic heterocycles. The highest BCUT2D eigenvalue weighted by Gasteiger charge is 2.26. The van der Waals surface area contributed by atoms with E-state index >= 15 is 4.39 Å². The number of benzene rings is 3. The number of nitrogens with one attached hydrogen (secondary N) is 2. The van der Waals surface area contributed by atoms with Gasteiger partial charge in [-0.3, -0.25) is 9.52 Å². The van der Waals surface area contributed by atoms with Gasteiger partial charge < -0.3 is 4.98 Å². The van der Waals surface area contributed by atoms with E-state index in [0.29, 0.717) is 21.6 Å². The number of halogens is 3. The van der Waals surface area contributed by atoms with Crippen LogP contribution in [0.3, 0.4) is 0 Å². The van der Waals surface area contributed by atoms with Gasteiger partial charge in [-0.1, -0.05) is 54.1 Å². The number of ketones is 1. The van der Waals surface area contributed by atoms with Crippen LogP contribution in [0.5, 0.6) is 0 Å². The summed E-state index contributed by atoms with van der Waals surface area (Å²) >= 11 is 5.96. The molecule has 5 aromatic rings. The summed E-state index contributed by atoms with van der Waals surface area (Å²) in [6.07, 6.45) is 3.12. The Labute approximate surface area is 222 Å². The molecule has 0 unspecified atom stereocenters. The van der Waals surface area contributed by atoms with E-state index in [9.17, 15) is 17.6 Å². The summed E-state index contributed by atoms with van der Waals surface area (Å²) in [6, 6.07) is 19.4. The third kappa shape index (κ3) is 5.29. The summed E-state index contributed by atoms with van der Waals surface area (Å²) in [5.41, 5.74) is 1.21. The van der Waals surface area contributed by atoms with Crippen LogP contribution in [0.2, 0.25) is 5.02 Å². The minimum Gasteiger partial charge on any atom is -0.345 e. The SMILES string of the molecule is O=C(c1c(F)ccc(NS(=O)(=O)CCc2ccccc2)c1F)c1c[nH]c2ncc(-c3ccc(Cl)cc3)cc12. The van der Waals surface area contributed by atoms with Gasteiger partial charge in [0.05, 0.1) is 17.0 Å². The van der Waals surface area contributed by atoms with E-state index in [-0.39, 0.29) is 17.7 Å². The van der Waals surface area contributed by atoms with Gasteiger partial charge in [0, 0.05) is 33.9 Å². The van der Waals surface area contributed by atoms with Gasteiger partial charge in [0.15, 0.2) is 5.82 Å². The Bertz CT molecular complexity index is 1760. The number of fused-ring (bicyclic) bond motifs is 1. The molecule has 0 bridgehead atoms. The number of rotatable bonds is 8. The standard InChI is InChI=1S/C28H20ClF2N3O3S/c29-20-8-6-18(7-9-20)19-14-21-22(16-33-28(21)32-15-19)27(35)25-23(30)10-11-24(26(25)31)34-38(36,37)13-12-17-4-2-1-3-5-17/h1-11,14-16,34H,12-13H2,(H,32,33). The Morgan fingerprint density at radius 3 is 2.45 bits per heavy atom. The normalized spacial score (nSPS) is 11.6. The number of sulfonamides is 1. The highest BCUT2D eigenvalue weighted by Crippen LogP contribution is 2.30. The molecule has 0 spiro atoms. The predicted octanol–water partition coefficient (Wildman–Crippen LogP) is 6.38. The first-order valence-corrected chi connectivity index (χ1v) is 13.5. The minimum atomic E-state index is -3.99. The van der Waals surface area contributed by atoms with Gasteiger partial charge in [0.1, 0.15) is 11.5 Å². The topological polar surface area (TPSA) is 91.9 Å². The number of nitrogens with zero attached hydrogens (tertiary/aromatic N) is 1. The molecule has 5 rings (SSSR count). The van der Waals surface area contributed by atoms with E-state index in [1.54, 1.807) is 60.8 Å². The fourth-order valence-corrected chi connectivity index (χ4v) is 5.31. The molecule has 10 heteroatoms. The van der Waals surface area contributed by atoms with Crippen molar-refractivity contribution in [1.29, 1.82) is 0 Å². The van der Waals surface area contributed by atoms with Crippen LogP contribution in [0, 0.1) is 11.6 Å². The van der Waals surface area contributed by atoms with Gasteiger partial charge in [-0.25, -0.2) is 22.2 Å². The number of carbonyl (C=O) groups is 1. The summed E-state index contributed by atoms with van der Waals surface area (Å²) in [5.74, 6) is -3.68. The predicted molar refractivity (Wildman–Crippen MR) is 144 cm³/mol. The Morgan fingerprint density at radius 1 is 0.974 bits per heavy atom. The van der Waals surface area contributed by atoms with Crippen LogP contribution < -0.4 is 4.72 Å². The second kappa shape index (κ2) is 10.4. The molecule has 0 amide bonds. The van der Waals surface area contributed by atoms with Crippen molar-refractivity contribution in [2.75, 3.05) is 10.5 Å². The quantitative estimate of drug-likeness (QED) is 0.219. The number of aryl methyl sites for hydroxylation is 1. The van der Waals surface area contributed by atoms with Crippen molar-refractivity contribution in [2.45, 2.75) is 6.42 Å². The van der Waals surface area contributed by atoms with E-state index in [0.717, 1.165) is 23.3 Å². The minimum absolute atomic E-state index is 0.00908. The first-order chi connectivity index (χ1) is 18.2. The zero-order valence-corrected chi connectivity index (χ0v) is 21.3. The van der Waals surface area contributed by atoms with Crippen molar-refractivity contribution in [3.63, 3.8) is 0 Å². The third-order valence-electron chi connectivity index (χ3n) is 6.04. The molecule has 0 saturated carbocycles. The fourth-order valence-electron chi connectivity index (χ4n) is 4.08. The van der Waals surface area contributed by atoms with Crippen molar-refractivity contribution < 1.29 is 22.0 Å². The van der Waals surface area contributed by atoms with Gasteiger partial charge in [0.25, 0.3) is 0 Å². The number of aromatic amines is 1. The number of pyridine rings is 1. The molecular formula is C28H20ClF2N3O3S. The van der Waals surface area contributed by atoms with Crippen LogP contribution >= 0.6 is 11.6 Å². The lowest BCUT2D eigenvalue weighted by Crippen LogP contribution is -2.20. The zero-order chi connectivity index (χ0) is 26.9. The van der Waals surface area contributed by atoms with E-state index < -0.39 is 38.7 Å². The first kappa shape index (κ1) is 25.6. The van der Waals surface area contributed by atoms with E-state index in [4.69, 9.17) is 11.6 Å². The summed E-state index contributed by atoms with van der Waals surface area (Å²) in [7, 11) is -3.99. The van der Waals surface area contributed by atoms with Crippen molar-refractivity contribution in [2.24, 2.45) is 0 Å². The van der Waals surface area contributed by atoms with Crippen LogP contribution in [-0.2, 0) is 16.4 Å². The van der Waals surface area contributed by atoms with Crippen LogP contribution in [0.1, 0.15) is 21.5 Å². The molecule has 3 aromatic carbocycles. The monoisotopic (exact) mass is 551 g/mol. The van der Waals surface area contributed by atoms with Crippen molar-refractivity contribution in [1.82, 2.24) is 9.97 Å². The molecule has 2 aromatic heterocycles. The molecular weight excluding hydrogens is 532 g/mol. The molecule has 0 atom stereocenters. The van der Waals surface area contributed by atoms with Gasteiger partial charge in [-0.05, 0) is 47.9 Å². The van der Waals surface area contributed by atoms with E-state index in [1.807, 2.05) is 6.07 Å². The molecule has 0 saturated heterocycles. The zero-order valence-electron chi connectivity index (χ0n) is 19.7. The number of H-pyrrole nitrogens is 1. The smallest absolute Gasteiger partial charge is 0.233 e. The first-order valence-electron chi connectivity index (χ1n) is 11.5. The van der Waals surface area contributed by atoms with Gasteiger partial charge >= 0.3 is 0 Å². The third-order valence-corrected chi connectivity index (χ3v) is 7.56. The molecule has 6 nitrogen and oxygen atoms in total. The second-order valence-corrected chi connectivity index (χ2v) is 10.9. The maximum atomic E-state index is 15.4. The van der Waals surface area contributed by atoms with E-state index in [1.165, 1.54) is 6.20 Å². The molecule has 38 heavy (non-hydrogen) atoms. The Hall–Kier alpha value is -4.08. The summed E-state index contributed by atoms with van der Waals surface area (Å²) < 4.78 is 57.6. The van der Waals surface area contributed by atoms with Gasteiger partial charge in [-0.2, -0.15) is 0 Å². The lowest BCUT2D eigenvalue weighted by Gasteiger charge is -2.12. The highest BCUT2D eigenvalue weighted by atomic mass is 35.5. The van der Waals surface area contributed by atoms with Gasteiger partial charge in [-0.15, -0.1) is 0 Å². The van der Waals surface area contributed by atoms with Crippen molar-refractivity contribution in [3.05, 3.63) is 119 Å². The fraction of sp³-hybridized carbons (Fsp3) is 0.0714. The van der Waals surface area contributed by atoms with Gasteiger partial charge in [0.2, 0.25) is 15.8 Å². The molecule has 0 radical (unpaired) electrons. The lowest BCUT2D eigenvalue weighted by molar-refractivity contribution is 0.103. The molecule has 0 aliphatic carbocycles. The highest BCUT2D eigenvalue weighted by molar-refractivity contribution is 7.92. The van der Waals surface area contributed by atoms with E-state index in [2.05, 4.69) is 14.7 Å². The Morgan fingerprint density at radius 2 is 1.71 bits per heavy atom. The average molecular weight is 552 g/mol. The van der Waals surface area contributed by atoms with Crippen LogP contribution in [0.25, 0.3) is 22.2 Å². The van der Waals surface area contributed by atoms with Crippen LogP contribution in [0.4, 0.5) is 14.5 Å². The number of hydrogen-bond donors (Lipinski definition) is 2. The molecule has 2 heterocycles. The average Bonchev–Trinajstić information content (AvgIpc) is 3.34. The Balaban J connectivity index is 1.46.